The van der Waals surface area contributed by atoms with Crippen LogP contribution in [0.15, 0.2) is 36.4 Å². The van der Waals surface area contributed by atoms with Crippen molar-refractivity contribution in [1.29, 1.82) is 0 Å². The summed E-state index contributed by atoms with van der Waals surface area (Å²) in [5.74, 6) is 0.883. The third-order valence-corrected chi connectivity index (χ3v) is 4.67. The molecule has 0 fully saturated rings. The van der Waals surface area contributed by atoms with Crippen molar-refractivity contribution in [1.82, 2.24) is 0 Å². The Hall–Kier alpha value is -0.990. The van der Waals surface area contributed by atoms with E-state index in [1.807, 2.05) is 25.1 Å². The molecule has 1 atom stereocenters. The van der Waals surface area contributed by atoms with Gasteiger partial charge in [0.2, 0.25) is 0 Å². The summed E-state index contributed by atoms with van der Waals surface area (Å²) < 4.78 is 5.24. The van der Waals surface area contributed by atoms with E-state index in [2.05, 4.69) is 41.1 Å². The van der Waals surface area contributed by atoms with Gasteiger partial charge in [-0.1, -0.05) is 45.7 Å². The van der Waals surface area contributed by atoms with Gasteiger partial charge in [0, 0.05) is 5.02 Å². The molecule has 2 aromatic rings. The Bertz CT molecular complexity index is 595. The number of benzene rings is 2. The number of hydrogen-bond acceptors (Lipinski definition) is 1. The summed E-state index contributed by atoms with van der Waals surface area (Å²) in [5.41, 5.74) is 4.74. The lowest BCUT2D eigenvalue weighted by Gasteiger charge is -2.15. The molecule has 1 unspecified atom stereocenters. The molecule has 3 heteroatoms. The van der Waals surface area contributed by atoms with Crippen molar-refractivity contribution in [2.24, 2.45) is 0 Å². The first-order valence-electron chi connectivity index (χ1n) is 6.07. The number of aryl methyl sites for hydroxylation is 2. The fourth-order valence-corrected chi connectivity index (χ4v) is 2.98. The lowest BCUT2D eigenvalue weighted by molar-refractivity contribution is 0.414. The monoisotopic (exact) mass is 338 g/mol. The Morgan fingerprint density at radius 3 is 2.37 bits per heavy atom. The second-order valence-electron chi connectivity index (χ2n) is 4.59. The molecule has 19 heavy (non-hydrogen) atoms. The smallest absolute Gasteiger partial charge is 0.119 e. The van der Waals surface area contributed by atoms with Crippen LogP contribution in [0.25, 0.3) is 0 Å². The molecule has 0 aliphatic carbocycles. The molecule has 2 aromatic carbocycles. The highest BCUT2D eigenvalue weighted by Gasteiger charge is 2.14. The van der Waals surface area contributed by atoms with E-state index in [-0.39, 0.29) is 4.83 Å². The van der Waals surface area contributed by atoms with Crippen LogP contribution in [0.5, 0.6) is 5.75 Å². The van der Waals surface area contributed by atoms with Gasteiger partial charge in [-0.25, -0.2) is 0 Å². The molecule has 0 saturated carbocycles. The van der Waals surface area contributed by atoms with Crippen LogP contribution in [0, 0.1) is 13.8 Å². The first kappa shape index (κ1) is 14.4. The number of methoxy groups -OCH3 is 1. The van der Waals surface area contributed by atoms with Gasteiger partial charge in [0.1, 0.15) is 5.75 Å². The van der Waals surface area contributed by atoms with Crippen LogP contribution >= 0.6 is 27.5 Å². The van der Waals surface area contributed by atoms with Crippen molar-refractivity contribution in [3.05, 3.63) is 63.7 Å². The van der Waals surface area contributed by atoms with E-state index >= 15 is 0 Å². The van der Waals surface area contributed by atoms with Crippen molar-refractivity contribution in [3.8, 4) is 5.75 Å². The van der Waals surface area contributed by atoms with Crippen molar-refractivity contribution in [2.75, 3.05) is 7.11 Å². The standard InChI is InChI=1S/C16H16BrClO/c1-10-9-13(19-3)5-6-14(10)16(17)12-4-7-15(18)11(2)8-12/h4-9,16H,1-3H3. The summed E-state index contributed by atoms with van der Waals surface area (Å²) in [5, 5.41) is 0.801. The Balaban J connectivity index is 2.38. The highest BCUT2D eigenvalue weighted by molar-refractivity contribution is 9.09. The summed E-state index contributed by atoms with van der Waals surface area (Å²) in [6.07, 6.45) is 0. The van der Waals surface area contributed by atoms with E-state index < -0.39 is 0 Å². The third-order valence-electron chi connectivity index (χ3n) is 3.22. The molecule has 0 spiro atoms. The highest BCUT2D eigenvalue weighted by atomic mass is 79.9. The van der Waals surface area contributed by atoms with Gasteiger partial charge in [-0.3, -0.25) is 0 Å². The maximum absolute atomic E-state index is 6.07. The van der Waals surface area contributed by atoms with Crippen molar-refractivity contribution in [3.63, 3.8) is 0 Å². The van der Waals surface area contributed by atoms with Crippen LogP contribution in [0.1, 0.15) is 27.1 Å². The Morgan fingerprint density at radius 1 is 1.05 bits per heavy atom. The minimum Gasteiger partial charge on any atom is -0.497 e. The Kier molecular flexibility index (Phi) is 4.54. The van der Waals surface area contributed by atoms with Crippen LogP contribution in [0.4, 0.5) is 0 Å². The second-order valence-corrected chi connectivity index (χ2v) is 5.92. The van der Waals surface area contributed by atoms with E-state index in [1.165, 1.54) is 16.7 Å². The zero-order chi connectivity index (χ0) is 14.0. The molecule has 0 aliphatic heterocycles. The molecule has 0 bridgehead atoms. The quantitative estimate of drug-likeness (QED) is 0.676. The van der Waals surface area contributed by atoms with Gasteiger partial charge in [-0.2, -0.15) is 0 Å². The van der Waals surface area contributed by atoms with E-state index in [9.17, 15) is 0 Å². The predicted molar refractivity (Wildman–Crippen MR) is 84.7 cm³/mol. The van der Waals surface area contributed by atoms with Crippen LogP contribution in [-0.4, -0.2) is 7.11 Å². The van der Waals surface area contributed by atoms with Gasteiger partial charge in [0.05, 0.1) is 11.9 Å². The molecule has 100 valence electrons. The third kappa shape index (κ3) is 3.13. The summed E-state index contributed by atoms with van der Waals surface area (Å²) in [4.78, 5) is 0.161. The molecule has 1 nitrogen and oxygen atoms in total. The predicted octanol–water partition coefficient (Wildman–Crippen LogP) is 5.45. The lowest BCUT2D eigenvalue weighted by Crippen LogP contribution is -1.97. The molecule has 0 saturated heterocycles. The maximum Gasteiger partial charge on any atom is 0.119 e. The minimum atomic E-state index is 0.161. The minimum absolute atomic E-state index is 0.161. The fraction of sp³-hybridized carbons (Fsp3) is 0.250. The lowest BCUT2D eigenvalue weighted by atomic mass is 9.99. The molecule has 2 rings (SSSR count). The second kappa shape index (κ2) is 5.98. The van der Waals surface area contributed by atoms with E-state index in [4.69, 9.17) is 16.3 Å². The Labute approximate surface area is 127 Å². The fourth-order valence-electron chi connectivity index (χ4n) is 2.06. The van der Waals surface area contributed by atoms with Gasteiger partial charge in [0.15, 0.2) is 0 Å². The van der Waals surface area contributed by atoms with Crippen molar-refractivity contribution < 1.29 is 4.74 Å². The van der Waals surface area contributed by atoms with Gasteiger partial charge in [0.25, 0.3) is 0 Å². The Morgan fingerprint density at radius 2 is 1.79 bits per heavy atom. The summed E-state index contributed by atoms with van der Waals surface area (Å²) >= 11 is 9.84. The zero-order valence-corrected chi connectivity index (χ0v) is 13.5. The normalized spacial score (nSPS) is 12.3. The highest BCUT2D eigenvalue weighted by Crippen LogP contribution is 2.35. The first-order valence-corrected chi connectivity index (χ1v) is 7.37. The van der Waals surface area contributed by atoms with Crippen LogP contribution in [0.3, 0.4) is 0 Å². The van der Waals surface area contributed by atoms with Gasteiger partial charge in [-0.15, -0.1) is 0 Å². The van der Waals surface area contributed by atoms with E-state index in [1.54, 1.807) is 7.11 Å². The summed E-state index contributed by atoms with van der Waals surface area (Å²) in [6.45, 7) is 4.11. The topological polar surface area (TPSA) is 9.23 Å². The average molecular weight is 340 g/mol. The van der Waals surface area contributed by atoms with Crippen LogP contribution in [0.2, 0.25) is 5.02 Å². The summed E-state index contributed by atoms with van der Waals surface area (Å²) in [6, 6.07) is 12.2. The van der Waals surface area contributed by atoms with Gasteiger partial charge < -0.3 is 4.74 Å². The number of rotatable bonds is 3. The molecule has 0 N–H and O–H groups in total. The largest absolute Gasteiger partial charge is 0.497 e. The van der Waals surface area contributed by atoms with E-state index in [0.717, 1.165) is 16.3 Å². The zero-order valence-electron chi connectivity index (χ0n) is 11.2. The van der Waals surface area contributed by atoms with Gasteiger partial charge in [-0.05, 0) is 54.3 Å². The number of alkyl halides is 1. The molecular weight excluding hydrogens is 324 g/mol. The SMILES string of the molecule is COc1ccc(C(Br)c2ccc(Cl)c(C)c2)c(C)c1. The van der Waals surface area contributed by atoms with Crippen molar-refractivity contribution in [2.45, 2.75) is 18.7 Å². The molecule has 0 aliphatic rings. The number of ether oxygens (including phenoxy) is 1. The molecule has 0 amide bonds. The molecule has 0 aromatic heterocycles. The first-order chi connectivity index (χ1) is 9.02. The number of hydrogen-bond donors (Lipinski definition) is 0. The van der Waals surface area contributed by atoms with Gasteiger partial charge >= 0.3 is 0 Å². The van der Waals surface area contributed by atoms with Crippen LogP contribution < -0.4 is 4.74 Å². The average Bonchev–Trinajstić information content (AvgIpc) is 2.41. The summed E-state index contributed by atoms with van der Waals surface area (Å²) in [7, 11) is 1.68. The van der Waals surface area contributed by atoms with E-state index in [0.29, 0.717) is 0 Å². The van der Waals surface area contributed by atoms with Crippen LogP contribution in [-0.2, 0) is 0 Å². The number of halogens is 2. The molecule has 0 heterocycles. The molecule has 0 radical (unpaired) electrons. The molecular formula is C16H16BrClO. The maximum atomic E-state index is 6.07. The van der Waals surface area contributed by atoms with Crippen molar-refractivity contribution >= 4 is 27.5 Å².